The summed E-state index contributed by atoms with van der Waals surface area (Å²) in [6, 6.07) is 9.53. The second-order valence-electron chi connectivity index (χ2n) is 4.82. The summed E-state index contributed by atoms with van der Waals surface area (Å²) in [5, 5.41) is 2.54. The Morgan fingerprint density at radius 1 is 1.30 bits per heavy atom. The van der Waals surface area contributed by atoms with Gasteiger partial charge in [0.25, 0.3) is 11.5 Å². The molecule has 0 fully saturated rings. The van der Waals surface area contributed by atoms with E-state index in [1.807, 2.05) is 0 Å². The maximum absolute atomic E-state index is 13.7. The van der Waals surface area contributed by atoms with Gasteiger partial charge in [0.2, 0.25) is 0 Å². The smallest absolute Gasteiger partial charge is 0.270 e. The van der Waals surface area contributed by atoms with Crippen LogP contribution in [0.1, 0.15) is 15.9 Å². The van der Waals surface area contributed by atoms with Gasteiger partial charge in [0.05, 0.1) is 0 Å². The lowest BCUT2D eigenvalue weighted by Crippen LogP contribution is -2.31. The van der Waals surface area contributed by atoms with Crippen molar-refractivity contribution < 1.29 is 9.18 Å². The van der Waals surface area contributed by atoms with Crippen LogP contribution >= 0.6 is 15.9 Å². The summed E-state index contributed by atoms with van der Waals surface area (Å²) in [5.41, 5.74) is 0.209. The molecule has 7 heteroatoms. The molecule has 0 aliphatic heterocycles. The third-order valence-corrected chi connectivity index (χ3v) is 3.80. The van der Waals surface area contributed by atoms with Gasteiger partial charge in [0.15, 0.2) is 0 Å². The van der Waals surface area contributed by atoms with Gasteiger partial charge in [-0.3, -0.25) is 14.0 Å². The number of nitrogens with one attached hydrogen (secondary N) is 1. The fourth-order valence-electron chi connectivity index (χ4n) is 2.13. The molecule has 1 amide bonds. The van der Waals surface area contributed by atoms with Crippen molar-refractivity contribution in [1.29, 1.82) is 0 Å². The minimum absolute atomic E-state index is 0.0267. The Labute approximate surface area is 138 Å². The Hall–Kier alpha value is -2.54. The van der Waals surface area contributed by atoms with Gasteiger partial charge in [0, 0.05) is 29.0 Å². The highest BCUT2D eigenvalue weighted by atomic mass is 79.9. The molecule has 23 heavy (non-hydrogen) atoms. The zero-order valence-corrected chi connectivity index (χ0v) is 13.4. The lowest BCUT2D eigenvalue weighted by molar-refractivity contribution is 0.0948. The number of carbonyl (C=O) groups is 1. The Morgan fingerprint density at radius 3 is 2.96 bits per heavy atom. The molecule has 0 spiro atoms. The van der Waals surface area contributed by atoms with Gasteiger partial charge in [-0.25, -0.2) is 9.37 Å². The number of aromatic nitrogens is 2. The number of amides is 1. The van der Waals surface area contributed by atoms with Crippen molar-refractivity contribution in [2.24, 2.45) is 0 Å². The Kier molecular flexibility index (Phi) is 4.20. The summed E-state index contributed by atoms with van der Waals surface area (Å²) in [4.78, 5) is 28.5. The van der Waals surface area contributed by atoms with E-state index in [0.29, 0.717) is 15.7 Å². The first kappa shape index (κ1) is 15.4. The molecule has 2 heterocycles. The first-order valence-corrected chi connectivity index (χ1v) is 7.54. The highest BCUT2D eigenvalue weighted by Crippen LogP contribution is 2.15. The number of benzene rings is 1. The number of halogens is 2. The maximum atomic E-state index is 13.7. The molecular weight excluding hydrogens is 365 g/mol. The summed E-state index contributed by atoms with van der Waals surface area (Å²) in [5.74, 6) is -1.03. The average molecular weight is 376 g/mol. The Bertz CT molecular complexity index is 955. The minimum atomic E-state index is -0.597. The number of hydrogen-bond acceptors (Lipinski definition) is 3. The summed E-state index contributed by atoms with van der Waals surface area (Å²) >= 11 is 3.24. The maximum Gasteiger partial charge on any atom is 0.270 e. The molecule has 0 bridgehead atoms. The molecule has 3 aromatic rings. The summed E-state index contributed by atoms with van der Waals surface area (Å²) in [6.45, 7) is -0.0267. The molecule has 0 saturated heterocycles. The predicted octanol–water partition coefficient (Wildman–Crippen LogP) is 2.53. The molecule has 0 aliphatic rings. The number of fused-ring (bicyclic) bond motifs is 1. The van der Waals surface area contributed by atoms with Gasteiger partial charge in [-0.05, 0) is 30.3 Å². The molecule has 116 valence electrons. The van der Waals surface area contributed by atoms with Crippen molar-refractivity contribution in [3.8, 4) is 0 Å². The van der Waals surface area contributed by atoms with Crippen LogP contribution in [0.25, 0.3) is 5.65 Å². The third kappa shape index (κ3) is 3.14. The Morgan fingerprint density at radius 2 is 2.13 bits per heavy atom. The van der Waals surface area contributed by atoms with E-state index in [-0.39, 0.29) is 12.1 Å². The van der Waals surface area contributed by atoms with E-state index in [1.54, 1.807) is 30.3 Å². The lowest BCUT2D eigenvalue weighted by atomic mass is 10.2. The molecule has 3 rings (SSSR count). The van der Waals surface area contributed by atoms with Crippen molar-refractivity contribution in [3.63, 3.8) is 0 Å². The number of rotatable bonds is 3. The second-order valence-corrected chi connectivity index (χ2v) is 5.74. The molecule has 1 aromatic carbocycles. The first-order chi connectivity index (χ1) is 11.1. The molecular formula is C16H11BrFN3O2. The minimum Gasteiger partial charge on any atom is -0.348 e. The number of pyridine rings is 1. The van der Waals surface area contributed by atoms with Crippen LogP contribution in [0.3, 0.4) is 0 Å². The van der Waals surface area contributed by atoms with E-state index in [9.17, 15) is 14.0 Å². The summed E-state index contributed by atoms with van der Waals surface area (Å²) in [6.07, 6.45) is 2.76. The first-order valence-electron chi connectivity index (χ1n) is 6.75. The molecule has 1 N–H and O–H groups in total. The van der Waals surface area contributed by atoms with Crippen molar-refractivity contribution in [3.05, 3.63) is 80.6 Å². The monoisotopic (exact) mass is 375 g/mol. The quantitative estimate of drug-likeness (QED) is 0.764. The number of carbonyl (C=O) groups excluding carboxylic acids is 1. The number of hydrogen-bond donors (Lipinski definition) is 1. The topological polar surface area (TPSA) is 63.5 Å². The van der Waals surface area contributed by atoms with Crippen LogP contribution in [-0.4, -0.2) is 15.3 Å². The number of nitrogens with zero attached hydrogens (tertiary/aromatic N) is 2. The molecule has 0 atom stereocenters. The van der Waals surface area contributed by atoms with Gasteiger partial charge in [-0.1, -0.05) is 22.0 Å². The van der Waals surface area contributed by atoms with Crippen molar-refractivity contribution in [2.75, 3.05) is 0 Å². The van der Waals surface area contributed by atoms with Crippen LogP contribution in [0.4, 0.5) is 4.39 Å². The van der Waals surface area contributed by atoms with Gasteiger partial charge >= 0.3 is 0 Å². The largest absolute Gasteiger partial charge is 0.348 e. The highest BCUT2D eigenvalue weighted by Gasteiger charge is 2.13. The van der Waals surface area contributed by atoms with Crippen molar-refractivity contribution in [2.45, 2.75) is 6.54 Å². The summed E-state index contributed by atoms with van der Waals surface area (Å²) in [7, 11) is 0. The second kappa shape index (κ2) is 6.29. The van der Waals surface area contributed by atoms with Gasteiger partial charge < -0.3 is 5.32 Å². The van der Waals surface area contributed by atoms with E-state index in [0.717, 1.165) is 0 Å². The normalized spacial score (nSPS) is 10.7. The summed E-state index contributed by atoms with van der Waals surface area (Å²) < 4.78 is 15.7. The van der Waals surface area contributed by atoms with Crippen LogP contribution < -0.4 is 10.9 Å². The molecule has 0 aliphatic carbocycles. The highest BCUT2D eigenvalue weighted by molar-refractivity contribution is 9.10. The van der Waals surface area contributed by atoms with Gasteiger partial charge in [-0.2, -0.15) is 0 Å². The average Bonchev–Trinajstić information content (AvgIpc) is 2.56. The predicted molar refractivity (Wildman–Crippen MR) is 86.7 cm³/mol. The van der Waals surface area contributed by atoms with E-state index < -0.39 is 17.3 Å². The molecule has 0 unspecified atom stereocenters. The van der Waals surface area contributed by atoms with Crippen LogP contribution in [0.2, 0.25) is 0 Å². The third-order valence-electron chi connectivity index (χ3n) is 3.31. The van der Waals surface area contributed by atoms with Crippen LogP contribution in [0.5, 0.6) is 0 Å². The molecule has 0 radical (unpaired) electrons. The van der Waals surface area contributed by atoms with Crippen LogP contribution in [0, 0.1) is 5.82 Å². The fraction of sp³-hybridized carbons (Fsp3) is 0.0625. The van der Waals surface area contributed by atoms with E-state index in [1.165, 1.54) is 22.9 Å². The lowest BCUT2D eigenvalue weighted by Gasteiger charge is -2.07. The zero-order valence-electron chi connectivity index (χ0n) is 11.8. The molecule has 5 nitrogen and oxygen atoms in total. The molecule has 2 aromatic heterocycles. The molecule has 0 saturated carbocycles. The van der Waals surface area contributed by atoms with Crippen LogP contribution in [-0.2, 0) is 6.54 Å². The van der Waals surface area contributed by atoms with Gasteiger partial charge in [0.1, 0.15) is 17.0 Å². The van der Waals surface area contributed by atoms with Gasteiger partial charge in [-0.15, -0.1) is 0 Å². The van der Waals surface area contributed by atoms with Crippen molar-refractivity contribution >= 4 is 27.5 Å². The Balaban J connectivity index is 1.85. The van der Waals surface area contributed by atoms with E-state index >= 15 is 0 Å². The van der Waals surface area contributed by atoms with Crippen molar-refractivity contribution in [1.82, 2.24) is 14.7 Å². The van der Waals surface area contributed by atoms with Crippen LogP contribution in [0.15, 0.2) is 58.1 Å². The van der Waals surface area contributed by atoms with E-state index in [4.69, 9.17) is 0 Å². The SMILES string of the molecule is O=C(NCc1cc(Br)ccc1F)c1cnc2ccccn2c1=O. The van der Waals surface area contributed by atoms with E-state index in [2.05, 4.69) is 26.2 Å². The standard InChI is InChI=1S/C16H11BrFN3O2/c17-11-4-5-13(18)10(7-11)8-20-15(22)12-9-19-14-3-1-2-6-21(14)16(12)23/h1-7,9H,8H2,(H,20,22). The fourth-order valence-corrected chi connectivity index (χ4v) is 2.54. The zero-order chi connectivity index (χ0) is 16.4.